The lowest BCUT2D eigenvalue weighted by Crippen LogP contribution is -2.12. The Hall–Kier alpha value is -4.07. The number of hydrogen-bond donors (Lipinski definition) is 3. The quantitative estimate of drug-likeness (QED) is 0.383. The molecule has 0 spiro atoms. The first-order valence-corrected chi connectivity index (χ1v) is 10.7. The number of para-hydroxylation sites is 1. The highest BCUT2D eigenvalue weighted by atomic mass is 16.5. The SMILES string of the molecule is COc1ccc(NC(=O)C2CC2)cc1.COc1cnc(C)cc1Nc1n[nH]c2ccccc12. The fraction of sp³-hybridized carbons (Fsp3) is 0.240. The summed E-state index contributed by atoms with van der Waals surface area (Å²) in [6.07, 6.45) is 3.76. The molecule has 1 saturated carbocycles. The number of benzene rings is 2. The normalized spacial score (nSPS) is 12.5. The summed E-state index contributed by atoms with van der Waals surface area (Å²) in [6.45, 7) is 1.94. The summed E-state index contributed by atoms with van der Waals surface area (Å²) in [4.78, 5) is 15.6. The highest BCUT2D eigenvalue weighted by molar-refractivity contribution is 5.94. The molecule has 0 saturated heterocycles. The van der Waals surface area contributed by atoms with Crippen LogP contribution in [0.5, 0.6) is 11.5 Å². The molecule has 1 amide bonds. The van der Waals surface area contributed by atoms with Crippen LogP contribution in [0.4, 0.5) is 17.2 Å². The van der Waals surface area contributed by atoms with E-state index in [-0.39, 0.29) is 11.8 Å². The Morgan fingerprint density at radius 2 is 1.82 bits per heavy atom. The molecule has 8 nitrogen and oxygen atoms in total. The Morgan fingerprint density at radius 3 is 2.52 bits per heavy atom. The number of carbonyl (C=O) groups is 1. The number of anilines is 3. The second-order valence-electron chi connectivity index (χ2n) is 7.76. The molecule has 8 heteroatoms. The van der Waals surface area contributed by atoms with Crippen LogP contribution in [0.3, 0.4) is 0 Å². The predicted molar refractivity (Wildman–Crippen MR) is 129 cm³/mol. The summed E-state index contributed by atoms with van der Waals surface area (Å²) in [6, 6.07) is 17.3. The first kappa shape index (κ1) is 22.1. The van der Waals surface area contributed by atoms with Gasteiger partial charge in [0.25, 0.3) is 0 Å². The summed E-state index contributed by atoms with van der Waals surface area (Å²) >= 11 is 0. The number of methoxy groups -OCH3 is 2. The molecule has 1 aliphatic carbocycles. The van der Waals surface area contributed by atoms with E-state index in [0.717, 1.165) is 52.4 Å². The fourth-order valence-electron chi connectivity index (χ4n) is 3.26. The molecule has 1 aliphatic rings. The topological polar surface area (TPSA) is 101 Å². The van der Waals surface area contributed by atoms with Crippen LogP contribution in [0.25, 0.3) is 10.9 Å². The Labute approximate surface area is 192 Å². The molecule has 3 N–H and O–H groups in total. The Balaban J connectivity index is 0.000000165. The number of amides is 1. The third kappa shape index (κ3) is 5.60. The number of fused-ring (bicyclic) bond motifs is 1. The molecular weight excluding hydrogens is 418 g/mol. The number of ether oxygens (including phenoxy) is 2. The first-order valence-electron chi connectivity index (χ1n) is 10.7. The van der Waals surface area contributed by atoms with Crippen LogP contribution in [-0.2, 0) is 4.79 Å². The van der Waals surface area contributed by atoms with Crippen LogP contribution in [0.1, 0.15) is 18.5 Å². The van der Waals surface area contributed by atoms with Crippen molar-refractivity contribution in [2.45, 2.75) is 19.8 Å². The van der Waals surface area contributed by atoms with Crippen molar-refractivity contribution in [1.82, 2.24) is 15.2 Å². The number of pyridine rings is 1. The maximum atomic E-state index is 11.4. The van der Waals surface area contributed by atoms with E-state index in [1.54, 1.807) is 20.4 Å². The van der Waals surface area contributed by atoms with E-state index in [4.69, 9.17) is 9.47 Å². The lowest BCUT2D eigenvalue weighted by atomic mass is 10.2. The standard InChI is InChI=1S/C14H14N4O.C11H13NO2/c1-9-7-12(13(19-2)8-15-9)16-14-10-5-3-4-6-11(10)17-18-14;1-14-10-6-4-9(5-7-10)12-11(13)8-2-3-8/h3-8H,1-2H3,(H2,15,16,17,18);4-8H,2-3H2,1H3,(H,12,13). The molecule has 0 atom stereocenters. The number of aromatic nitrogens is 3. The highest BCUT2D eigenvalue weighted by Gasteiger charge is 2.29. The van der Waals surface area contributed by atoms with Crippen LogP contribution in [0, 0.1) is 12.8 Å². The van der Waals surface area contributed by atoms with Gasteiger partial charge in [0.2, 0.25) is 5.91 Å². The highest BCUT2D eigenvalue weighted by Crippen LogP contribution is 2.31. The number of H-pyrrole nitrogens is 1. The smallest absolute Gasteiger partial charge is 0.227 e. The van der Waals surface area contributed by atoms with Gasteiger partial charge >= 0.3 is 0 Å². The van der Waals surface area contributed by atoms with Crippen molar-refractivity contribution in [3.63, 3.8) is 0 Å². The minimum absolute atomic E-state index is 0.134. The fourth-order valence-corrected chi connectivity index (χ4v) is 3.26. The lowest BCUT2D eigenvalue weighted by molar-refractivity contribution is -0.117. The number of carbonyl (C=O) groups excluding carboxylic acids is 1. The van der Waals surface area contributed by atoms with Gasteiger partial charge in [0.15, 0.2) is 11.6 Å². The van der Waals surface area contributed by atoms with E-state index in [1.165, 1.54) is 0 Å². The number of aromatic amines is 1. The maximum Gasteiger partial charge on any atom is 0.227 e. The second-order valence-corrected chi connectivity index (χ2v) is 7.76. The van der Waals surface area contributed by atoms with Gasteiger partial charge in [0.05, 0.1) is 31.6 Å². The number of aryl methyl sites for hydroxylation is 1. The molecule has 0 radical (unpaired) electrons. The number of rotatable bonds is 6. The zero-order valence-corrected chi connectivity index (χ0v) is 18.9. The Bertz CT molecular complexity index is 1230. The van der Waals surface area contributed by atoms with E-state index in [1.807, 2.05) is 61.5 Å². The number of hydrogen-bond acceptors (Lipinski definition) is 6. The van der Waals surface area contributed by atoms with Gasteiger partial charge in [-0.05, 0) is 62.2 Å². The Kier molecular flexibility index (Phi) is 6.73. The van der Waals surface area contributed by atoms with E-state index >= 15 is 0 Å². The average Bonchev–Trinajstić information content (AvgIpc) is 3.62. The molecule has 33 heavy (non-hydrogen) atoms. The zero-order valence-electron chi connectivity index (χ0n) is 18.9. The summed E-state index contributed by atoms with van der Waals surface area (Å²) in [5.41, 5.74) is 3.60. The average molecular weight is 446 g/mol. The van der Waals surface area contributed by atoms with E-state index in [9.17, 15) is 4.79 Å². The largest absolute Gasteiger partial charge is 0.497 e. The number of nitrogens with one attached hydrogen (secondary N) is 3. The summed E-state index contributed by atoms with van der Waals surface area (Å²) in [5.74, 6) is 2.65. The van der Waals surface area contributed by atoms with Crippen LogP contribution in [0.2, 0.25) is 0 Å². The molecule has 2 aromatic carbocycles. The summed E-state index contributed by atoms with van der Waals surface area (Å²) in [5, 5.41) is 14.5. The van der Waals surface area contributed by atoms with Crippen LogP contribution >= 0.6 is 0 Å². The van der Waals surface area contributed by atoms with Gasteiger partial charge in [-0.2, -0.15) is 5.10 Å². The van der Waals surface area contributed by atoms with E-state index < -0.39 is 0 Å². The minimum atomic E-state index is 0.134. The molecule has 0 bridgehead atoms. The predicted octanol–water partition coefficient (Wildman–Crippen LogP) is 5.06. The molecule has 170 valence electrons. The minimum Gasteiger partial charge on any atom is -0.497 e. The van der Waals surface area contributed by atoms with Crippen molar-refractivity contribution < 1.29 is 14.3 Å². The van der Waals surface area contributed by atoms with Crippen molar-refractivity contribution in [1.29, 1.82) is 0 Å². The molecule has 5 rings (SSSR count). The molecule has 0 unspecified atom stereocenters. The third-order valence-corrected chi connectivity index (χ3v) is 5.25. The van der Waals surface area contributed by atoms with Crippen molar-refractivity contribution >= 4 is 34.0 Å². The van der Waals surface area contributed by atoms with Gasteiger partial charge in [-0.1, -0.05) is 12.1 Å². The van der Waals surface area contributed by atoms with Gasteiger partial charge in [0.1, 0.15) is 5.75 Å². The van der Waals surface area contributed by atoms with Crippen LogP contribution < -0.4 is 20.1 Å². The monoisotopic (exact) mass is 445 g/mol. The summed E-state index contributed by atoms with van der Waals surface area (Å²) in [7, 11) is 3.25. The molecular formula is C25H27N5O3. The maximum absolute atomic E-state index is 11.4. The second kappa shape index (κ2) is 10.0. The first-order chi connectivity index (χ1) is 16.1. The van der Waals surface area contributed by atoms with E-state index in [2.05, 4.69) is 25.8 Å². The van der Waals surface area contributed by atoms with Crippen molar-refractivity contribution in [3.8, 4) is 11.5 Å². The van der Waals surface area contributed by atoms with Gasteiger partial charge < -0.3 is 20.1 Å². The molecule has 0 aliphatic heterocycles. The zero-order chi connectivity index (χ0) is 23.2. The van der Waals surface area contributed by atoms with Gasteiger partial charge in [0, 0.05) is 22.7 Å². The molecule has 2 aromatic heterocycles. The lowest BCUT2D eigenvalue weighted by Gasteiger charge is -2.09. The van der Waals surface area contributed by atoms with Gasteiger partial charge in [-0.15, -0.1) is 0 Å². The van der Waals surface area contributed by atoms with Crippen molar-refractivity contribution in [2.75, 3.05) is 24.9 Å². The Morgan fingerprint density at radius 1 is 1.06 bits per heavy atom. The number of nitrogens with zero attached hydrogens (tertiary/aromatic N) is 2. The molecule has 2 heterocycles. The van der Waals surface area contributed by atoms with Gasteiger partial charge in [-0.3, -0.25) is 14.9 Å². The van der Waals surface area contributed by atoms with Crippen molar-refractivity contribution in [3.05, 3.63) is 66.5 Å². The summed E-state index contributed by atoms with van der Waals surface area (Å²) < 4.78 is 10.3. The van der Waals surface area contributed by atoms with Crippen LogP contribution in [0.15, 0.2) is 60.8 Å². The van der Waals surface area contributed by atoms with E-state index in [0.29, 0.717) is 5.75 Å². The third-order valence-electron chi connectivity index (χ3n) is 5.25. The van der Waals surface area contributed by atoms with Crippen molar-refractivity contribution in [2.24, 2.45) is 5.92 Å². The molecule has 4 aromatic rings. The molecule has 1 fully saturated rings. The van der Waals surface area contributed by atoms with Gasteiger partial charge in [-0.25, -0.2) is 0 Å². The van der Waals surface area contributed by atoms with Crippen LogP contribution in [-0.4, -0.2) is 35.3 Å².